The van der Waals surface area contributed by atoms with E-state index in [1.165, 1.54) is 0 Å². The molecule has 8 heteroatoms. The lowest BCUT2D eigenvalue weighted by Crippen LogP contribution is -2.37. The van der Waals surface area contributed by atoms with E-state index in [2.05, 4.69) is 25.2 Å². The van der Waals surface area contributed by atoms with Gasteiger partial charge in [0, 0.05) is 26.2 Å². The number of nitrogens with two attached hydrogens (primary N) is 1. The van der Waals surface area contributed by atoms with Gasteiger partial charge in [0.2, 0.25) is 17.8 Å². The summed E-state index contributed by atoms with van der Waals surface area (Å²) >= 11 is 0. The average molecular weight is 294 g/mol. The summed E-state index contributed by atoms with van der Waals surface area (Å²) in [5.41, 5.74) is 5.81. The van der Waals surface area contributed by atoms with Gasteiger partial charge >= 0.3 is 0 Å². The van der Waals surface area contributed by atoms with Gasteiger partial charge in [0.05, 0.1) is 19.3 Å². The third-order valence-corrected chi connectivity index (χ3v) is 3.99. The van der Waals surface area contributed by atoms with Crippen LogP contribution < -0.4 is 16.0 Å². The highest BCUT2D eigenvalue weighted by atomic mass is 16.5. The van der Waals surface area contributed by atoms with Crippen LogP contribution in [0.5, 0.6) is 0 Å². The second kappa shape index (κ2) is 6.40. The first-order valence-electron chi connectivity index (χ1n) is 7.38. The van der Waals surface area contributed by atoms with E-state index < -0.39 is 0 Å². The van der Waals surface area contributed by atoms with Crippen molar-refractivity contribution in [1.82, 2.24) is 15.0 Å². The summed E-state index contributed by atoms with van der Waals surface area (Å²) in [5, 5.41) is 3.35. The molecule has 1 aliphatic heterocycles. The van der Waals surface area contributed by atoms with Crippen molar-refractivity contribution >= 4 is 17.8 Å². The number of rotatable bonds is 4. The first kappa shape index (κ1) is 14.3. The lowest BCUT2D eigenvalue weighted by Gasteiger charge is -2.27. The van der Waals surface area contributed by atoms with E-state index in [0.29, 0.717) is 37.3 Å². The predicted molar refractivity (Wildman–Crippen MR) is 79.3 cm³/mol. The number of hydrogen-bond donors (Lipinski definition) is 2. The predicted octanol–water partition coefficient (Wildman–Crippen LogP) is 0.270. The Bertz CT molecular complexity index is 480. The van der Waals surface area contributed by atoms with Crippen LogP contribution in [0, 0.1) is 0 Å². The van der Waals surface area contributed by atoms with Crippen molar-refractivity contribution in [2.24, 2.45) is 0 Å². The highest BCUT2D eigenvalue weighted by Gasteiger charge is 2.25. The molecule has 2 fully saturated rings. The molecule has 0 spiro atoms. The molecule has 1 aromatic heterocycles. The second-order valence-electron chi connectivity index (χ2n) is 5.43. The third kappa shape index (κ3) is 3.51. The van der Waals surface area contributed by atoms with Gasteiger partial charge in [-0.1, -0.05) is 0 Å². The van der Waals surface area contributed by atoms with Gasteiger partial charge in [-0.15, -0.1) is 0 Å². The van der Waals surface area contributed by atoms with Crippen LogP contribution in [0.2, 0.25) is 0 Å². The van der Waals surface area contributed by atoms with E-state index in [1.807, 2.05) is 0 Å². The van der Waals surface area contributed by atoms with Crippen LogP contribution in [-0.2, 0) is 9.47 Å². The topological polar surface area (TPSA) is 98.4 Å². The zero-order valence-electron chi connectivity index (χ0n) is 12.3. The van der Waals surface area contributed by atoms with Gasteiger partial charge in [-0.05, 0) is 19.3 Å². The summed E-state index contributed by atoms with van der Waals surface area (Å²) in [6.07, 6.45) is 3.40. The molecule has 3 N–H and O–H groups in total. The molecule has 3 rings (SSSR count). The number of anilines is 3. The van der Waals surface area contributed by atoms with Gasteiger partial charge in [-0.2, -0.15) is 15.0 Å². The third-order valence-electron chi connectivity index (χ3n) is 3.99. The van der Waals surface area contributed by atoms with Crippen LogP contribution >= 0.6 is 0 Å². The van der Waals surface area contributed by atoms with E-state index in [9.17, 15) is 0 Å². The van der Waals surface area contributed by atoms with E-state index in [1.54, 1.807) is 7.11 Å². The Hall–Kier alpha value is -1.67. The van der Waals surface area contributed by atoms with Crippen LogP contribution in [0.3, 0.4) is 0 Å². The SMILES string of the molecule is COC1CCC(Nc2nc(N)nc(N3CCOCC3)n2)C1. The molecule has 0 aromatic carbocycles. The molecule has 2 heterocycles. The molecule has 0 bridgehead atoms. The Morgan fingerprint density at radius 2 is 2.05 bits per heavy atom. The van der Waals surface area contributed by atoms with E-state index >= 15 is 0 Å². The number of ether oxygens (including phenoxy) is 2. The Balaban J connectivity index is 1.69. The minimum Gasteiger partial charge on any atom is -0.381 e. The molecule has 1 saturated carbocycles. The Kier molecular flexibility index (Phi) is 4.35. The molecule has 1 saturated heterocycles. The molecule has 1 aromatic rings. The van der Waals surface area contributed by atoms with Gasteiger partial charge in [0.15, 0.2) is 0 Å². The normalized spacial score (nSPS) is 26.0. The maximum absolute atomic E-state index is 5.81. The fourth-order valence-electron chi connectivity index (χ4n) is 2.82. The standard InChI is InChI=1S/C13H22N6O2/c1-20-10-3-2-9(8-10)15-12-16-11(14)17-13(18-12)19-4-6-21-7-5-19/h9-10H,2-8H2,1H3,(H3,14,15,16,17,18). The molecular weight excluding hydrogens is 272 g/mol. The van der Waals surface area contributed by atoms with E-state index in [0.717, 1.165) is 32.4 Å². The molecule has 2 aliphatic rings. The maximum atomic E-state index is 5.81. The smallest absolute Gasteiger partial charge is 0.232 e. The largest absolute Gasteiger partial charge is 0.381 e. The van der Waals surface area contributed by atoms with Crippen LogP contribution in [0.15, 0.2) is 0 Å². The molecule has 8 nitrogen and oxygen atoms in total. The number of morpholine rings is 1. The molecular formula is C13H22N6O2. The zero-order chi connectivity index (χ0) is 14.7. The monoisotopic (exact) mass is 294 g/mol. The molecule has 1 aliphatic carbocycles. The minimum atomic E-state index is 0.246. The summed E-state index contributed by atoms with van der Waals surface area (Å²) in [4.78, 5) is 15.0. The first-order valence-corrected chi connectivity index (χ1v) is 7.38. The Morgan fingerprint density at radius 1 is 1.24 bits per heavy atom. The average Bonchev–Trinajstić information content (AvgIpc) is 2.95. The number of nitrogens with zero attached hydrogens (tertiary/aromatic N) is 4. The number of hydrogen-bond acceptors (Lipinski definition) is 8. The molecule has 2 atom stereocenters. The van der Waals surface area contributed by atoms with Crippen molar-refractivity contribution < 1.29 is 9.47 Å². The molecule has 21 heavy (non-hydrogen) atoms. The minimum absolute atomic E-state index is 0.246. The van der Waals surface area contributed by atoms with Gasteiger partial charge in [-0.3, -0.25) is 0 Å². The highest BCUT2D eigenvalue weighted by Crippen LogP contribution is 2.24. The van der Waals surface area contributed by atoms with Gasteiger partial charge in [0.25, 0.3) is 0 Å². The lowest BCUT2D eigenvalue weighted by molar-refractivity contribution is 0.108. The molecule has 116 valence electrons. The second-order valence-corrected chi connectivity index (χ2v) is 5.43. The Morgan fingerprint density at radius 3 is 2.76 bits per heavy atom. The fraction of sp³-hybridized carbons (Fsp3) is 0.769. The maximum Gasteiger partial charge on any atom is 0.232 e. The summed E-state index contributed by atoms with van der Waals surface area (Å²) in [6.45, 7) is 2.93. The lowest BCUT2D eigenvalue weighted by atomic mass is 10.2. The van der Waals surface area contributed by atoms with Crippen molar-refractivity contribution in [2.75, 3.05) is 49.4 Å². The molecule has 0 radical (unpaired) electrons. The summed E-state index contributed by atoms with van der Waals surface area (Å²) in [7, 11) is 1.75. The number of nitrogen functional groups attached to an aromatic ring is 1. The van der Waals surface area contributed by atoms with Gasteiger partial charge in [0.1, 0.15) is 0 Å². The summed E-state index contributed by atoms with van der Waals surface area (Å²) in [6, 6.07) is 0.328. The first-order chi connectivity index (χ1) is 10.2. The fourth-order valence-corrected chi connectivity index (χ4v) is 2.82. The number of methoxy groups -OCH3 is 1. The van der Waals surface area contributed by atoms with E-state index in [4.69, 9.17) is 15.2 Å². The van der Waals surface area contributed by atoms with Crippen molar-refractivity contribution in [3.8, 4) is 0 Å². The van der Waals surface area contributed by atoms with Crippen molar-refractivity contribution in [3.05, 3.63) is 0 Å². The Labute approximate surface area is 124 Å². The van der Waals surface area contributed by atoms with Crippen molar-refractivity contribution in [2.45, 2.75) is 31.4 Å². The van der Waals surface area contributed by atoms with Crippen molar-refractivity contribution in [1.29, 1.82) is 0 Å². The quantitative estimate of drug-likeness (QED) is 0.816. The van der Waals surface area contributed by atoms with Gasteiger partial charge < -0.3 is 25.4 Å². The highest BCUT2D eigenvalue weighted by molar-refractivity contribution is 5.42. The van der Waals surface area contributed by atoms with Crippen LogP contribution in [0.4, 0.5) is 17.8 Å². The summed E-state index contributed by atoms with van der Waals surface area (Å²) < 4.78 is 10.7. The van der Waals surface area contributed by atoms with Gasteiger partial charge in [-0.25, -0.2) is 0 Å². The summed E-state index contributed by atoms with van der Waals surface area (Å²) in [5.74, 6) is 1.41. The van der Waals surface area contributed by atoms with Crippen LogP contribution in [-0.4, -0.2) is 60.5 Å². The van der Waals surface area contributed by atoms with Crippen molar-refractivity contribution in [3.63, 3.8) is 0 Å². The number of nitrogens with one attached hydrogen (secondary N) is 1. The zero-order valence-corrected chi connectivity index (χ0v) is 12.3. The van der Waals surface area contributed by atoms with Crippen LogP contribution in [0.25, 0.3) is 0 Å². The van der Waals surface area contributed by atoms with E-state index in [-0.39, 0.29) is 5.95 Å². The number of aromatic nitrogens is 3. The van der Waals surface area contributed by atoms with Crippen LogP contribution in [0.1, 0.15) is 19.3 Å². The molecule has 2 unspecified atom stereocenters. The molecule has 0 amide bonds.